The van der Waals surface area contributed by atoms with E-state index in [1.165, 1.54) is 10.6 Å². The van der Waals surface area contributed by atoms with Crippen LogP contribution >= 0.6 is 11.8 Å². The summed E-state index contributed by atoms with van der Waals surface area (Å²) in [6.45, 7) is 4.09. The molecule has 4 heteroatoms. The Kier molecular flexibility index (Phi) is 2.92. The van der Waals surface area contributed by atoms with Crippen molar-refractivity contribution in [3.05, 3.63) is 35.7 Å². The predicted molar refractivity (Wildman–Crippen MR) is 67.7 cm³/mol. The highest BCUT2D eigenvalue weighted by Crippen LogP contribution is 2.35. The van der Waals surface area contributed by atoms with Gasteiger partial charge in [-0.25, -0.2) is 0 Å². The number of hydrogen-bond acceptors (Lipinski definition) is 3. The SMILES string of the molecule is Cc1nn(C)c(C)c1Sc1ccccc1N. The van der Waals surface area contributed by atoms with Crippen LogP contribution in [0.5, 0.6) is 0 Å². The molecule has 0 spiro atoms. The number of hydrogen-bond donors (Lipinski definition) is 1. The molecule has 0 unspecified atom stereocenters. The lowest BCUT2D eigenvalue weighted by atomic mass is 10.3. The van der Waals surface area contributed by atoms with Crippen molar-refractivity contribution in [2.75, 3.05) is 5.73 Å². The van der Waals surface area contributed by atoms with E-state index in [-0.39, 0.29) is 0 Å². The summed E-state index contributed by atoms with van der Waals surface area (Å²) in [4.78, 5) is 2.28. The molecule has 0 aliphatic heterocycles. The second-order valence-electron chi connectivity index (χ2n) is 3.76. The molecule has 2 rings (SSSR count). The van der Waals surface area contributed by atoms with Crippen LogP contribution in [0, 0.1) is 13.8 Å². The van der Waals surface area contributed by atoms with Gasteiger partial charge in [-0.05, 0) is 26.0 Å². The van der Waals surface area contributed by atoms with E-state index >= 15 is 0 Å². The Labute approximate surface area is 99.7 Å². The number of aromatic nitrogens is 2. The van der Waals surface area contributed by atoms with E-state index in [2.05, 4.69) is 12.0 Å². The van der Waals surface area contributed by atoms with Crippen LogP contribution in [0.2, 0.25) is 0 Å². The monoisotopic (exact) mass is 233 g/mol. The van der Waals surface area contributed by atoms with Crippen molar-refractivity contribution in [3.8, 4) is 0 Å². The third-order valence-corrected chi connectivity index (χ3v) is 3.96. The molecule has 0 fully saturated rings. The van der Waals surface area contributed by atoms with Gasteiger partial charge in [0.15, 0.2) is 0 Å². The zero-order chi connectivity index (χ0) is 11.7. The van der Waals surface area contributed by atoms with Crippen LogP contribution in [0.1, 0.15) is 11.4 Å². The van der Waals surface area contributed by atoms with Gasteiger partial charge < -0.3 is 5.73 Å². The van der Waals surface area contributed by atoms with Crippen molar-refractivity contribution >= 4 is 17.4 Å². The van der Waals surface area contributed by atoms with Gasteiger partial charge in [0.2, 0.25) is 0 Å². The van der Waals surface area contributed by atoms with Crippen LogP contribution in [-0.4, -0.2) is 9.78 Å². The van der Waals surface area contributed by atoms with Crippen molar-refractivity contribution in [1.29, 1.82) is 0 Å². The molecule has 1 aromatic heterocycles. The average molecular weight is 233 g/mol. The quantitative estimate of drug-likeness (QED) is 0.811. The van der Waals surface area contributed by atoms with Gasteiger partial charge in [0.1, 0.15) is 0 Å². The van der Waals surface area contributed by atoms with Crippen LogP contribution < -0.4 is 5.73 Å². The largest absolute Gasteiger partial charge is 0.398 e. The number of nitrogen functional groups attached to an aromatic ring is 1. The Morgan fingerprint density at radius 2 is 1.94 bits per heavy atom. The summed E-state index contributed by atoms with van der Waals surface area (Å²) in [5.41, 5.74) is 8.96. The van der Waals surface area contributed by atoms with Crippen LogP contribution in [0.3, 0.4) is 0 Å². The van der Waals surface area contributed by atoms with Crippen molar-refractivity contribution in [3.63, 3.8) is 0 Å². The molecule has 0 saturated carbocycles. The van der Waals surface area contributed by atoms with Crippen LogP contribution in [0.4, 0.5) is 5.69 Å². The minimum Gasteiger partial charge on any atom is -0.398 e. The summed E-state index contributed by atoms with van der Waals surface area (Å²) in [6, 6.07) is 7.90. The van der Waals surface area contributed by atoms with Gasteiger partial charge >= 0.3 is 0 Å². The van der Waals surface area contributed by atoms with Crippen LogP contribution in [-0.2, 0) is 7.05 Å². The molecule has 0 aliphatic carbocycles. The topological polar surface area (TPSA) is 43.8 Å². The molecule has 0 bridgehead atoms. The third kappa shape index (κ3) is 1.93. The fraction of sp³-hybridized carbons (Fsp3) is 0.250. The van der Waals surface area contributed by atoms with E-state index in [1.807, 2.05) is 42.9 Å². The summed E-state index contributed by atoms with van der Waals surface area (Å²) >= 11 is 1.68. The van der Waals surface area contributed by atoms with Gasteiger partial charge in [0.25, 0.3) is 0 Å². The highest BCUT2D eigenvalue weighted by atomic mass is 32.2. The van der Waals surface area contributed by atoms with E-state index in [0.717, 1.165) is 16.3 Å². The highest BCUT2D eigenvalue weighted by molar-refractivity contribution is 7.99. The minimum atomic E-state index is 0.815. The van der Waals surface area contributed by atoms with E-state index in [0.29, 0.717) is 0 Å². The number of rotatable bonds is 2. The van der Waals surface area contributed by atoms with Gasteiger partial charge in [-0.1, -0.05) is 23.9 Å². The maximum atomic E-state index is 5.93. The van der Waals surface area contributed by atoms with Crippen molar-refractivity contribution in [1.82, 2.24) is 9.78 Å². The summed E-state index contributed by atoms with van der Waals surface area (Å²) in [5, 5.41) is 4.39. The second-order valence-corrected chi connectivity index (χ2v) is 4.82. The summed E-state index contributed by atoms with van der Waals surface area (Å²) in [7, 11) is 1.96. The van der Waals surface area contributed by atoms with Crippen molar-refractivity contribution < 1.29 is 0 Å². The molecule has 0 atom stereocenters. The van der Waals surface area contributed by atoms with Crippen molar-refractivity contribution in [2.45, 2.75) is 23.6 Å². The Morgan fingerprint density at radius 1 is 1.25 bits per heavy atom. The molecule has 2 aromatic rings. The summed E-state index contributed by atoms with van der Waals surface area (Å²) < 4.78 is 1.90. The fourth-order valence-corrected chi connectivity index (χ4v) is 2.61. The van der Waals surface area contributed by atoms with Crippen LogP contribution in [0.25, 0.3) is 0 Å². The number of nitrogens with zero attached hydrogens (tertiary/aromatic N) is 2. The maximum absolute atomic E-state index is 5.93. The molecular formula is C12H15N3S. The molecule has 3 nitrogen and oxygen atoms in total. The first-order chi connectivity index (χ1) is 7.59. The van der Waals surface area contributed by atoms with Gasteiger partial charge in [-0.3, -0.25) is 4.68 Å². The molecule has 1 aromatic carbocycles. The van der Waals surface area contributed by atoms with Crippen molar-refractivity contribution in [2.24, 2.45) is 7.05 Å². The summed E-state index contributed by atoms with van der Waals surface area (Å²) in [6.07, 6.45) is 0. The normalized spacial score (nSPS) is 10.7. The van der Waals surface area contributed by atoms with Crippen LogP contribution in [0.15, 0.2) is 34.1 Å². The third-order valence-electron chi connectivity index (χ3n) is 2.57. The number of anilines is 1. The maximum Gasteiger partial charge on any atom is 0.0735 e. The Bertz CT molecular complexity index is 517. The smallest absolute Gasteiger partial charge is 0.0735 e. The van der Waals surface area contributed by atoms with E-state index < -0.39 is 0 Å². The first-order valence-corrected chi connectivity index (χ1v) is 5.94. The number of aryl methyl sites for hydroxylation is 2. The number of nitrogens with two attached hydrogens (primary N) is 1. The van der Waals surface area contributed by atoms with Gasteiger partial charge in [0.05, 0.1) is 10.6 Å². The molecule has 84 valence electrons. The van der Waals surface area contributed by atoms with Gasteiger partial charge in [-0.15, -0.1) is 0 Å². The first-order valence-electron chi connectivity index (χ1n) is 5.12. The molecule has 1 heterocycles. The van der Waals surface area contributed by atoms with E-state index in [9.17, 15) is 0 Å². The average Bonchev–Trinajstić information content (AvgIpc) is 2.48. The lowest BCUT2D eigenvalue weighted by molar-refractivity contribution is 0.729. The lowest BCUT2D eigenvalue weighted by Crippen LogP contribution is -1.92. The molecule has 0 radical (unpaired) electrons. The Balaban J connectivity index is 2.38. The van der Waals surface area contributed by atoms with E-state index in [1.54, 1.807) is 11.8 Å². The number of benzene rings is 1. The molecule has 2 N–H and O–H groups in total. The first kappa shape index (κ1) is 11.1. The second kappa shape index (κ2) is 4.22. The predicted octanol–water partition coefficient (Wildman–Crippen LogP) is 2.77. The van der Waals surface area contributed by atoms with Gasteiger partial charge in [-0.2, -0.15) is 5.10 Å². The molecule has 0 amide bonds. The molecule has 0 saturated heterocycles. The lowest BCUT2D eigenvalue weighted by Gasteiger charge is -2.05. The Morgan fingerprint density at radius 3 is 2.50 bits per heavy atom. The van der Waals surface area contributed by atoms with Gasteiger partial charge in [0, 0.05) is 23.3 Å². The van der Waals surface area contributed by atoms with E-state index in [4.69, 9.17) is 5.73 Å². The zero-order valence-electron chi connectivity index (χ0n) is 9.69. The summed E-state index contributed by atoms with van der Waals surface area (Å²) in [5.74, 6) is 0. The molecule has 0 aliphatic rings. The molecule has 16 heavy (non-hydrogen) atoms. The Hall–Kier alpha value is -1.42. The minimum absolute atomic E-state index is 0.815. The fourth-order valence-electron chi connectivity index (χ4n) is 1.59. The standard InChI is InChI=1S/C12H15N3S/c1-8-12(9(2)15(3)14-8)16-11-7-5-4-6-10(11)13/h4-7H,13H2,1-3H3. The number of para-hydroxylation sites is 1. The zero-order valence-corrected chi connectivity index (χ0v) is 10.5. The highest BCUT2D eigenvalue weighted by Gasteiger charge is 2.11. The molecular weight excluding hydrogens is 218 g/mol.